The van der Waals surface area contributed by atoms with Crippen LogP contribution in [-0.2, 0) is 4.79 Å². The van der Waals surface area contributed by atoms with Gasteiger partial charge in [0.1, 0.15) is 5.75 Å². The van der Waals surface area contributed by atoms with E-state index in [9.17, 15) is 4.79 Å². The average Bonchev–Trinajstić information content (AvgIpc) is 2.97. The molecule has 1 unspecified atom stereocenters. The summed E-state index contributed by atoms with van der Waals surface area (Å²) in [7, 11) is 0. The van der Waals surface area contributed by atoms with E-state index in [-0.39, 0.29) is 0 Å². The average molecular weight is 316 g/mol. The third-order valence-corrected chi connectivity index (χ3v) is 5.18. The van der Waals surface area contributed by atoms with Crippen LogP contribution in [-0.4, -0.2) is 43.6 Å². The topological polar surface area (TPSA) is 32.8 Å². The number of anilines is 1. The molecule has 0 N–H and O–H groups in total. The number of aldehydes is 1. The van der Waals surface area contributed by atoms with Crippen LogP contribution in [0.2, 0.25) is 0 Å². The highest BCUT2D eigenvalue weighted by atomic mass is 16.5. The van der Waals surface area contributed by atoms with Crippen molar-refractivity contribution >= 4 is 12.0 Å². The lowest BCUT2D eigenvalue weighted by Crippen LogP contribution is -2.43. The van der Waals surface area contributed by atoms with Gasteiger partial charge in [-0.1, -0.05) is 38.3 Å². The van der Waals surface area contributed by atoms with E-state index >= 15 is 0 Å². The van der Waals surface area contributed by atoms with Crippen molar-refractivity contribution in [1.82, 2.24) is 4.90 Å². The van der Waals surface area contributed by atoms with Crippen LogP contribution in [0.4, 0.5) is 5.69 Å². The van der Waals surface area contributed by atoms with Crippen molar-refractivity contribution in [3.8, 4) is 5.75 Å². The van der Waals surface area contributed by atoms with Crippen LogP contribution < -0.4 is 9.64 Å². The van der Waals surface area contributed by atoms with Gasteiger partial charge >= 0.3 is 0 Å². The maximum Gasteiger partial charge on any atom is 0.229 e. The van der Waals surface area contributed by atoms with Gasteiger partial charge in [-0.25, -0.2) is 0 Å². The van der Waals surface area contributed by atoms with E-state index in [4.69, 9.17) is 4.74 Å². The number of piperidine rings is 1. The predicted molar refractivity (Wildman–Crippen MR) is 93.0 cm³/mol. The molecule has 1 aromatic carbocycles. The largest absolute Gasteiger partial charge is 0.461 e. The summed E-state index contributed by atoms with van der Waals surface area (Å²) in [6.07, 6.45) is 7.15. The molecule has 126 valence electrons. The van der Waals surface area contributed by atoms with Gasteiger partial charge < -0.3 is 14.5 Å². The molecular formula is C19H28N2O2. The molecule has 2 aliphatic rings. The molecule has 4 heteroatoms. The summed E-state index contributed by atoms with van der Waals surface area (Å²) in [5.74, 6) is 1.74. The van der Waals surface area contributed by atoms with Crippen molar-refractivity contribution in [3.05, 3.63) is 24.3 Å². The molecule has 0 amide bonds. The van der Waals surface area contributed by atoms with Crippen LogP contribution in [0.5, 0.6) is 5.75 Å². The number of para-hydroxylation sites is 2. The minimum Gasteiger partial charge on any atom is -0.461 e. The third-order valence-electron chi connectivity index (χ3n) is 5.18. The van der Waals surface area contributed by atoms with Crippen molar-refractivity contribution in [2.45, 2.75) is 45.3 Å². The Balaban J connectivity index is 1.50. The molecular weight excluding hydrogens is 288 g/mol. The molecule has 1 saturated heterocycles. The Hall–Kier alpha value is -1.55. The molecule has 1 aromatic rings. The van der Waals surface area contributed by atoms with Crippen LogP contribution in [0.3, 0.4) is 0 Å². The second-order valence-corrected chi connectivity index (χ2v) is 6.73. The van der Waals surface area contributed by atoms with Gasteiger partial charge in [0, 0.05) is 13.1 Å². The Morgan fingerprint density at radius 1 is 1.22 bits per heavy atom. The minimum atomic E-state index is -0.463. The zero-order chi connectivity index (χ0) is 16.1. The van der Waals surface area contributed by atoms with Crippen LogP contribution in [0.1, 0.15) is 39.0 Å². The first-order valence-corrected chi connectivity index (χ1v) is 9.01. The van der Waals surface area contributed by atoms with Gasteiger partial charge in [0.15, 0.2) is 6.29 Å². The molecule has 0 saturated carbocycles. The summed E-state index contributed by atoms with van der Waals surface area (Å²) in [4.78, 5) is 15.9. The van der Waals surface area contributed by atoms with Crippen molar-refractivity contribution in [1.29, 1.82) is 0 Å². The molecule has 0 spiro atoms. The lowest BCUT2D eigenvalue weighted by Gasteiger charge is -2.33. The number of carbonyl (C=O) groups excluding carboxylic acids is 1. The van der Waals surface area contributed by atoms with Gasteiger partial charge in [-0.15, -0.1) is 0 Å². The number of carbonyl (C=O) groups is 1. The first-order valence-electron chi connectivity index (χ1n) is 9.01. The number of likely N-dealkylation sites (tertiary alicyclic amines) is 1. The van der Waals surface area contributed by atoms with E-state index in [1.165, 1.54) is 45.2 Å². The van der Waals surface area contributed by atoms with Crippen LogP contribution >= 0.6 is 0 Å². The Bertz CT molecular complexity index is 512. The molecule has 23 heavy (non-hydrogen) atoms. The van der Waals surface area contributed by atoms with Gasteiger partial charge in [0.2, 0.25) is 6.23 Å². The van der Waals surface area contributed by atoms with Crippen LogP contribution in [0, 0.1) is 5.92 Å². The Morgan fingerprint density at radius 2 is 2.00 bits per heavy atom. The van der Waals surface area contributed by atoms with Gasteiger partial charge in [-0.2, -0.15) is 0 Å². The molecule has 2 aliphatic heterocycles. The van der Waals surface area contributed by atoms with Gasteiger partial charge in [0.25, 0.3) is 0 Å². The zero-order valence-corrected chi connectivity index (χ0v) is 14.1. The van der Waals surface area contributed by atoms with Crippen molar-refractivity contribution in [2.24, 2.45) is 5.92 Å². The predicted octanol–water partition coefficient (Wildman–Crippen LogP) is 3.31. The van der Waals surface area contributed by atoms with Crippen molar-refractivity contribution in [3.63, 3.8) is 0 Å². The molecule has 4 nitrogen and oxygen atoms in total. The van der Waals surface area contributed by atoms with E-state index in [0.717, 1.165) is 36.7 Å². The molecule has 0 aromatic heterocycles. The number of benzene rings is 1. The highest BCUT2D eigenvalue weighted by molar-refractivity contribution is 5.72. The van der Waals surface area contributed by atoms with Gasteiger partial charge in [-0.3, -0.25) is 4.79 Å². The fourth-order valence-electron chi connectivity index (χ4n) is 3.71. The molecule has 0 radical (unpaired) electrons. The number of ether oxygens (including phenoxy) is 1. The number of rotatable bonds is 7. The van der Waals surface area contributed by atoms with E-state index in [1.807, 2.05) is 24.3 Å². The summed E-state index contributed by atoms with van der Waals surface area (Å²) < 4.78 is 5.71. The first-order chi connectivity index (χ1) is 11.3. The van der Waals surface area contributed by atoms with E-state index in [1.54, 1.807) is 0 Å². The Kier molecular flexibility index (Phi) is 5.55. The summed E-state index contributed by atoms with van der Waals surface area (Å²) in [5.41, 5.74) is 1.04. The van der Waals surface area contributed by atoms with E-state index in [0.29, 0.717) is 0 Å². The third kappa shape index (κ3) is 3.86. The number of nitrogens with zero attached hydrogens (tertiary/aromatic N) is 2. The summed E-state index contributed by atoms with van der Waals surface area (Å²) >= 11 is 0. The molecule has 0 aliphatic carbocycles. The lowest BCUT2D eigenvalue weighted by atomic mass is 9.92. The standard InChI is InChI=1S/C19H28N2O2/c1-2-3-6-16-9-11-20(12-10-16)13-14-21-17-7-4-5-8-18(17)23-19(21)15-22/h4-5,7-8,15-16,19H,2-3,6,9-14H2,1H3. The van der Waals surface area contributed by atoms with Crippen LogP contribution in [0.25, 0.3) is 0 Å². The molecule has 1 fully saturated rings. The van der Waals surface area contributed by atoms with Crippen LogP contribution in [0.15, 0.2) is 24.3 Å². The maximum atomic E-state index is 11.3. The second kappa shape index (κ2) is 7.82. The number of hydrogen-bond donors (Lipinski definition) is 0. The Labute approximate surface area is 139 Å². The second-order valence-electron chi connectivity index (χ2n) is 6.73. The van der Waals surface area contributed by atoms with E-state index < -0.39 is 6.23 Å². The van der Waals surface area contributed by atoms with Crippen molar-refractivity contribution in [2.75, 3.05) is 31.1 Å². The molecule has 2 heterocycles. The smallest absolute Gasteiger partial charge is 0.229 e. The SMILES string of the molecule is CCCCC1CCN(CCN2c3ccccc3OC2C=O)CC1. The summed E-state index contributed by atoms with van der Waals surface area (Å²) in [6, 6.07) is 7.92. The summed E-state index contributed by atoms with van der Waals surface area (Å²) in [6.45, 7) is 6.50. The number of hydrogen-bond acceptors (Lipinski definition) is 4. The number of fused-ring (bicyclic) bond motifs is 1. The molecule has 3 rings (SSSR count). The molecule has 0 bridgehead atoms. The molecule has 1 atom stereocenters. The highest BCUT2D eigenvalue weighted by Gasteiger charge is 2.30. The quantitative estimate of drug-likeness (QED) is 0.723. The van der Waals surface area contributed by atoms with Crippen molar-refractivity contribution < 1.29 is 9.53 Å². The van der Waals surface area contributed by atoms with Gasteiger partial charge in [-0.05, 0) is 44.0 Å². The number of unbranched alkanes of at least 4 members (excludes halogenated alkanes) is 1. The Morgan fingerprint density at radius 3 is 2.74 bits per heavy atom. The normalized spacial score (nSPS) is 22.0. The summed E-state index contributed by atoms with van der Waals surface area (Å²) in [5, 5.41) is 0. The maximum absolute atomic E-state index is 11.3. The highest BCUT2D eigenvalue weighted by Crippen LogP contribution is 2.36. The lowest BCUT2D eigenvalue weighted by molar-refractivity contribution is -0.113. The van der Waals surface area contributed by atoms with Gasteiger partial charge in [0.05, 0.1) is 5.69 Å². The fraction of sp³-hybridized carbons (Fsp3) is 0.632. The monoisotopic (exact) mass is 316 g/mol. The zero-order valence-electron chi connectivity index (χ0n) is 14.1. The fourth-order valence-corrected chi connectivity index (χ4v) is 3.71. The van der Waals surface area contributed by atoms with E-state index in [2.05, 4.69) is 16.7 Å². The first kappa shape index (κ1) is 16.3. The minimum absolute atomic E-state index is 0.463.